The van der Waals surface area contributed by atoms with Crippen molar-refractivity contribution in [2.45, 2.75) is 13.0 Å². The third kappa shape index (κ3) is 1.38. The van der Waals surface area contributed by atoms with Crippen LogP contribution in [0.5, 0.6) is 5.75 Å². The van der Waals surface area contributed by atoms with E-state index in [1.807, 2.05) is 0 Å². The van der Waals surface area contributed by atoms with Gasteiger partial charge in [0.2, 0.25) is 0 Å². The van der Waals surface area contributed by atoms with E-state index >= 15 is 0 Å². The quantitative estimate of drug-likeness (QED) is 0.671. The largest absolute Gasteiger partial charge is 0.506 e. The van der Waals surface area contributed by atoms with Crippen molar-refractivity contribution in [2.75, 3.05) is 6.54 Å². The molecule has 0 unspecified atom stereocenters. The van der Waals surface area contributed by atoms with Gasteiger partial charge in [-0.3, -0.25) is 0 Å². The van der Waals surface area contributed by atoms with Crippen molar-refractivity contribution in [2.24, 2.45) is 0 Å². The van der Waals surface area contributed by atoms with Crippen LogP contribution in [0.1, 0.15) is 11.1 Å². The maximum absolute atomic E-state index is 13.3. The second-order valence-electron chi connectivity index (χ2n) is 3.08. The predicted molar refractivity (Wildman–Crippen MR) is 48.5 cm³/mol. The molecule has 0 saturated heterocycles. The average molecular weight is 202 g/mol. The van der Waals surface area contributed by atoms with Crippen LogP contribution >= 0.6 is 11.6 Å². The lowest BCUT2D eigenvalue weighted by atomic mass is 10.00. The molecule has 1 aliphatic rings. The van der Waals surface area contributed by atoms with Gasteiger partial charge in [0.15, 0.2) is 0 Å². The number of aromatic hydroxyl groups is 1. The second-order valence-corrected chi connectivity index (χ2v) is 3.45. The van der Waals surface area contributed by atoms with Crippen molar-refractivity contribution >= 4 is 11.6 Å². The van der Waals surface area contributed by atoms with Gasteiger partial charge in [0.05, 0.1) is 5.02 Å². The molecule has 2 rings (SSSR count). The first kappa shape index (κ1) is 8.78. The highest BCUT2D eigenvalue weighted by Crippen LogP contribution is 2.33. The molecule has 1 aromatic rings. The summed E-state index contributed by atoms with van der Waals surface area (Å²) >= 11 is 5.84. The van der Waals surface area contributed by atoms with Gasteiger partial charge in [-0.1, -0.05) is 11.6 Å². The van der Waals surface area contributed by atoms with Crippen LogP contribution in [-0.2, 0) is 13.0 Å². The molecule has 1 aliphatic heterocycles. The summed E-state index contributed by atoms with van der Waals surface area (Å²) in [5.41, 5.74) is 1.31. The van der Waals surface area contributed by atoms with Gasteiger partial charge in [-0.2, -0.15) is 0 Å². The van der Waals surface area contributed by atoms with Gasteiger partial charge in [-0.15, -0.1) is 0 Å². The lowest BCUT2D eigenvalue weighted by Crippen LogP contribution is -2.24. The van der Waals surface area contributed by atoms with E-state index in [4.69, 9.17) is 11.6 Å². The van der Waals surface area contributed by atoms with E-state index in [-0.39, 0.29) is 16.6 Å². The van der Waals surface area contributed by atoms with Gasteiger partial charge >= 0.3 is 0 Å². The molecule has 4 heteroatoms. The number of hydrogen-bond donors (Lipinski definition) is 2. The molecule has 0 radical (unpaired) electrons. The molecule has 1 aromatic carbocycles. The molecule has 0 amide bonds. The monoisotopic (exact) mass is 201 g/mol. The molecule has 0 bridgehead atoms. The summed E-state index contributed by atoms with van der Waals surface area (Å²) in [6.45, 7) is 1.26. The Kier molecular flexibility index (Phi) is 2.14. The molecule has 1 heterocycles. The van der Waals surface area contributed by atoms with Crippen molar-refractivity contribution in [3.63, 3.8) is 0 Å². The first-order valence-electron chi connectivity index (χ1n) is 4.09. The number of fused-ring (bicyclic) bond motifs is 1. The van der Waals surface area contributed by atoms with Crippen LogP contribution in [0.3, 0.4) is 0 Å². The standard InChI is InChI=1S/C9H9ClFNO/c10-9-5-1-2-12-4-6(5)7(11)3-8(9)13/h3,12-13H,1-2,4H2. The van der Waals surface area contributed by atoms with Crippen LogP contribution in [0.4, 0.5) is 4.39 Å². The van der Waals surface area contributed by atoms with Crippen LogP contribution in [0, 0.1) is 5.82 Å². The van der Waals surface area contributed by atoms with E-state index in [1.54, 1.807) is 0 Å². The summed E-state index contributed by atoms with van der Waals surface area (Å²) < 4.78 is 13.3. The van der Waals surface area contributed by atoms with Crippen molar-refractivity contribution in [3.8, 4) is 5.75 Å². The van der Waals surface area contributed by atoms with Crippen molar-refractivity contribution in [1.82, 2.24) is 5.32 Å². The maximum Gasteiger partial charge on any atom is 0.137 e. The third-order valence-corrected chi connectivity index (χ3v) is 2.68. The minimum Gasteiger partial charge on any atom is -0.506 e. The van der Waals surface area contributed by atoms with E-state index in [0.717, 1.165) is 18.2 Å². The minimum atomic E-state index is -0.385. The van der Waals surface area contributed by atoms with Crippen LogP contribution in [0.2, 0.25) is 5.02 Å². The number of benzene rings is 1. The number of phenols is 1. The molecule has 0 saturated carbocycles. The van der Waals surface area contributed by atoms with Crippen molar-refractivity contribution in [3.05, 3.63) is 28.0 Å². The van der Waals surface area contributed by atoms with Gasteiger partial charge in [-0.05, 0) is 18.5 Å². The van der Waals surface area contributed by atoms with E-state index in [9.17, 15) is 9.50 Å². The number of halogens is 2. The summed E-state index contributed by atoms with van der Waals surface area (Å²) in [5.74, 6) is -0.552. The number of rotatable bonds is 0. The first-order chi connectivity index (χ1) is 6.20. The number of nitrogens with one attached hydrogen (secondary N) is 1. The average Bonchev–Trinajstić information content (AvgIpc) is 2.15. The van der Waals surface area contributed by atoms with E-state index in [1.165, 1.54) is 0 Å². The van der Waals surface area contributed by atoms with Gasteiger partial charge in [-0.25, -0.2) is 4.39 Å². The van der Waals surface area contributed by atoms with E-state index in [0.29, 0.717) is 18.5 Å². The maximum atomic E-state index is 13.3. The SMILES string of the molecule is Oc1cc(F)c2c(c1Cl)CCNC2. The zero-order valence-corrected chi connectivity index (χ0v) is 7.66. The van der Waals surface area contributed by atoms with Crippen LogP contribution in [0.15, 0.2) is 6.07 Å². The highest BCUT2D eigenvalue weighted by molar-refractivity contribution is 6.32. The Hall–Kier alpha value is -0.800. The number of hydrogen-bond acceptors (Lipinski definition) is 2. The normalized spacial score (nSPS) is 15.5. The Bertz CT molecular complexity index is 354. The van der Waals surface area contributed by atoms with Gasteiger partial charge in [0.25, 0.3) is 0 Å². The first-order valence-corrected chi connectivity index (χ1v) is 4.47. The summed E-state index contributed by atoms with van der Waals surface area (Å²) in [4.78, 5) is 0. The highest BCUT2D eigenvalue weighted by Gasteiger charge is 2.18. The van der Waals surface area contributed by atoms with Gasteiger partial charge < -0.3 is 10.4 Å². The lowest BCUT2D eigenvalue weighted by Gasteiger charge is -2.19. The molecule has 70 valence electrons. The lowest BCUT2D eigenvalue weighted by molar-refractivity contribution is 0.463. The Labute approximate surface area is 80.3 Å². The fourth-order valence-electron chi connectivity index (χ4n) is 1.58. The summed E-state index contributed by atoms with van der Waals surface area (Å²) in [6.07, 6.45) is 0.666. The highest BCUT2D eigenvalue weighted by atomic mass is 35.5. The molecular formula is C9H9ClFNO. The summed E-state index contributed by atoms with van der Waals surface area (Å²) in [7, 11) is 0. The van der Waals surface area contributed by atoms with Crippen LogP contribution in [-0.4, -0.2) is 11.7 Å². The molecule has 0 atom stereocenters. The molecular weight excluding hydrogens is 193 g/mol. The zero-order chi connectivity index (χ0) is 9.42. The fourth-order valence-corrected chi connectivity index (χ4v) is 1.84. The van der Waals surface area contributed by atoms with Gasteiger partial charge in [0, 0.05) is 18.2 Å². The Morgan fingerprint density at radius 2 is 2.23 bits per heavy atom. The summed E-state index contributed by atoms with van der Waals surface area (Å²) in [6, 6.07) is 1.06. The van der Waals surface area contributed by atoms with E-state index < -0.39 is 0 Å². The summed E-state index contributed by atoms with van der Waals surface area (Å²) in [5, 5.41) is 12.6. The fraction of sp³-hybridized carbons (Fsp3) is 0.333. The second kappa shape index (κ2) is 3.16. The number of phenolic OH excluding ortho intramolecular Hbond substituents is 1. The van der Waals surface area contributed by atoms with Crippen molar-refractivity contribution in [1.29, 1.82) is 0 Å². The molecule has 13 heavy (non-hydrogen) atoms. The predicted octanol–water partition coefficient (Wildman–Crippen LogP) is 1.83. The van der Waals surface area contributed by atoms with E-state index in [2.05, 4.69) is 5.32 Å². The molecule has 0 aliphatic carbocycles. The van der Waals surface area contributed by atoms with Crippen LogP contribution < -0.4 is 5.32 Å². The van der Waals surface area contributed by atoms with Gasteiger partial charge in [0.1, 0.15) is 11.6 Å². The molecule has 0 aromatic heterocycles. The molecule has 0 spiro atoms. The molecule has 0 fully saturated rings. The minimum absolute atomic E-state index is 0.167. The smallest absolute Gasteiger partial charge is 0.137 e. The van der Waals surface area contributed by atoms with Crippen molar-refractivity contribution < 1.29 is 9.50 Å². The topological polar surface area (TPSA) is 32.3 Å². The molecule has 2 nitrogen and oxygen atoms in total. The third-order valence-electron chi connectivity index (χ3n) is 2.26. The zero-order valence-electron chi connectivity index (χ0n) is 6.90. The Balaban J connectivity index is 2.63. The molecule has 2 N–H and O–H groups in total. The van der Waals surface area contributed by atoms with Crippen LogP contribution in [0.25, 0.3) is 0 Å². The Morgan fingerprint density at radius 3 is 3.00 bits per heavy atom. The Morgan fingerprint density at radius 1 is 1.46 bits per heavy atom.